The van der Waals surface area contributed by atoms with Crippen LogP contribution in [0.15, 0.2) is 30.5 Å². The maximum Gasteiger partial charge on any atom is 0.432 e. The molecule has 2 aromatic rings. The number of hydrogen-bond acceptors (Lipinski definition) is 2. The molecule has 0 spiro atoms. The average Bonchev–Trinajstić information content (AvgIpc) is 2.70. The molecular formula is C11H8F3NO3. The van der Waals surface area contributed by atoms with Gasteiger partial charge in [0.2, 0.25) is 0 Å². The number of aromatic nitrogens is 1. The van der Waals surface area contributed by atoms with Crippen molar-refractivity contribution in [3.05, 3.63) is 36.0 Å². The molecule has 7 heteroatoms. The molecule has 0 bridgehead atoms. The first-order chi connectivity index (χ1) is 8.28. The second-order valence-electron chi connectivity index (χ2n) is 3.76. The molecule has 0 amide bonds. The fourth-order valence-electron chi connectivity index (χ4n) is 1.76. The van der Waals surface area contributed by atoms with E-state index in [1.807, 2.05) is 0 Å². The summed E-state index contributed by atoms with van der Waals surface area (Å²) in [6, 6.07) is 5.83. The van der Waals surface area contributed by atoms with Crippen LogP contribution in [0.5, 0.6) is 0 Å². The first-order valence-electron chi connectivity index (χ1n) is 4.87. The van der Waals surface area contributed by atoms with Crippen LogP contribution in [-0.4, -0.2) is 27.3 Å². The van der Waals surface area contributed by atoms with Crippen molar-refractivity contribution in [1.82, 2.24) is 4.98 Å². The molecule has 0 saturated heterocycles. The Morgan fingerprint density at radius 3 is 2.39 bits per heavy atom. The number of H-pyrrole nitrogens is 1. The number of carboxylic acids is 1. The molecule has 0 aliphatic rings. The summed E-state index contributed by atoms with van der Waals surface area (Å²) in [7, 11) is 0. The summed E-state index contributed by atoms with van der Waals surface area (Å²) < 4.78 is 38.4. The number of nitrogens with one attached hydrogen (secondary N) is 1. The Balaban J connectivity index is 2.75. The quantitative estimate of drug-likeness (QED) is 0.772. The molecule has 2 rings (SSSR count). The fraction of sp³-hybridized carbons (Fsp3) is 0.182. The number of rotatable bonds is 2. The van der Waals surface area contributed by atoms with Crippen LogP contribution in [0.1, 0.15) is 5.56 Å². The number of alkyl halides is 3. The van der Waals surface area contributed by atoms with Crippen LogP contribution in [0.25, 0.3) is 10.9 Å². The van der Waals surface area contributed by atoms with E-state index in [9.17, 15) is 23.1 Å². The van der Waals surface area contributed by atoms with Gasteiger partial charge in [0.15, 0.2) is 0 Å². The zero-order valence-corrected chi connectivity index (χ0v) is 8.82. The van der Waals surface area contributed by atoms with Crippen LogP contribution in [0.3, 0.4) is 0 Å². The minimum Gasteiger partial charge on any atom is -0.479 e. The molecule has 0 saturated carbocycles. The molecule has 3 N–H and O–H groups in total. The van der Waals surface area contributed by atoms with Gasteiger partial charge in [0, 0.05) is 22.7 Å². The highest BCUT2D eigenvalue weighted by Crippen LogP contribution is 2.41. The maximum atomic E-state index is 12.8. The Morgan fingerprint density at radius 1 is 1.22 bits per heavy atom. The van der Waals surface area contributed by atoms with E-state index in [1.54, 1.807) is 6.07 Å². The predicted octanol–water partition coefficient (Wildman–Crippen LogP) is 2.00. The molecule has 1 heterocycles. The molecule has 4 nitrogen and oxygen atoms in total. The van der Waals surface area contributed by atoms with Crippen LogP contribution in [-0.2, 0) is 10.4 Å². The Labute approximate surface area is 98.7 Å². The lowest BCUT2D eigenvalue weighted by Crippen LogP contribution is -2.49. The van der Waals surface area contributed by atoms with E-state index < -0.39 is 23.3 Å². The van der Waals surface area contributed by atoms with Gasteiger partial charge in [-0.3, -0.25) is 0 Å². The van der Waals surface area contributed by atoms with Crippen molar-refractivity contribution in [3.63, 3.8) is 0 Å². The lowest BCUT2D eigenvalue weighted by Gasteiger charge is -2.25. The van der Waals surface area contributed by atoms with Crippen LogP contribution >= 0.6 is 0 Å². The maximum absolute atomic E-state index is 12.8. The molecule has 96 valence electrons. The number of benzene rings is 1. The molecule has 1 atom stereocenters. The third kappa shape index (κ3) is 1.55. The van der Waals surface area contributed by atoms with Crippen LogP contribution < -0.4 is 0 Å². The zero-order chi connectivity index (χ0) is 13.6. The largest absolute Gasteiger partial charge is 0.479 e. The predicted molar refractivity (Wildman–Crippen MR) is 55.9 cm³/mol. The molecule has 1 aromatic heterocycles. The van der Waals surface area contributed by atoms with Crippen LogP contribution in [0, 0.1) is 0 Å². The Kier molecular flexibility index (Phi) is 2.58. The van der Waals surface area contributed by atoms with Gasteiger partial charge < -0.3 is 15.2 Å². The molecule has 0 aliphatic carbocycles. The highest BCUT2D eigenvalue weighted by molar-refractivity contribution is 5.91. The SMILES string of the molecule is O=C(O)C(O)(c1c[nH]c2ccccc12)C(F)(F)F. The third-order valence-electron chi connectivity index (χ3n) is 2.70. The number of fused-ring (bicyclic) bond motifs is 1. The van der Waals surface area contributed by atoms with Gasteiger partial charge in [-0.15, -0.1) is 0 Å². The summed E-state index contributed by atoms with van der Waals surface area (Å²) in [5, 5.41) is 18.3. The van der Waals surface area contributed by atoms with Crippen molar-refractivity contribution in [2.24, 2.45) is 0 Å². The Morgan fingerprint density at radius 2 is 1.83 bits per heavy atom. The number of carboxylic acid groups (broad SMARTS) is 1. The van der Waals surface area contributed by atoms with Crippen molar-refractivity contribution in [1.29, 1.82) is 0 Å². The summed E-state index contributed by atoms with van der Waals surface area (Å²) in [5.41, 5.74) is -4.33. The van der Waals surface area contributed by atoms with Gasteiger partial charge in [-0.1, -0.05) is 18.2 Å². The van der Waals surface area contributed by atoms with Gasteiger partial charge in [-0.05, 0) is 6.07 Å². The minimum absolute atomic E-state index is 0.0136. The molecule has 0 aliphatic heterocycles. The monoisotopic (exact) mass is 259 g/mol. The molecular weight excluding hydrogens is 251 g/mol. The Bertz CT molecular complexity index is 605. The van der Waals surface area contributed by atoms with Crippen LogP contribution in [0.4, 0.5) is 13.2 Å². The lowest BCUT2D eigenvalue weighted by molar-refractivity contribution is -0.264. The minimum atomic E-state index is -5.32. The van der Waals surface area contributed by atoms with E-state index in [0.717, 1.165) is 6.20 Å². The van der Waals surface area contributed by atoms with Crippen LogP contribution in [0.2, 0.25) is 0 Å². The number of hydrogen-bond donors (Lipinski definition) is 3. The number of aliphatic hydroxyl groups is 1. The van der Waals surface area contributed by atoms with E-state index in [-0.39, 0.29) is 5.39 Å². The van der Waals surface area contributed by atoms with E-state index >= 15 is 0 Å². The number of carbonyl (C=O) groups is 1. The zero-order valence-electron chi connectivity index (χ0n) is 8.82. The molecule has 1 aromatic carbocycles. The number of para-hydroxylation sites is 1. The highest BCUT2D eigenvalue weighted by atomic mass is 19.4. The van der Waals surface area contributed by atoms with Crippen molar-refractivity contribution >= 4 is 16.9 Å². The smallest absolute Gasteiger partial charge is 0.432 e. The first kappa shape index (κ1) is 12.4. The van der Waals surface area contributed by atoms with Gasteiger partial charge in [-0.2, -0.15) is 13.2 Å². The number of halogens is 3. The van der Waals surface area contributed by atoms with Crippen molar-refractivity contribution < 1.29 is 28.2 Å². The van der Waals surface area contributed by atoms with E-state index in [4.69, 9.17) is 5.11 Å². The van der Waals surface area contributed by atoms with Gasteiger partial charge in [0.1, 0.15) is 0 Å². The van der Waals surface area contributed by atoms with E-state index in [0.29, 0.717) is 5.52 Å². The molecule has 1 unspecified atom stereocenters. The lowest BCUT2D eigenvalue weighted by atomic mass is 9.93. The first-order valence-corrected chi connectivity index (χ1v) is 4.87. The van der Waals surface area contributed by atoms with Crippen molar-refractivity contribution in [3.8, 4) is 0 Å². The van der Waals surface area contributed by atoms with Gasteiger partial charge in [-0.25, -0.2) is 4.79 Å². The summed E-state index contributed by atoms with van der Waals surface area (Å²) in [5.74, 6) is -2.36. The molecule has 18 heavy (non-hydrogen) atoms. The van der Waals surface area contributed by atoms with Gasteiger partial charge in [0.25, 0.3) is 5.60 Å². The summed E-state index contributed by atoms with van der Waals surface area (Å²) in [6.45, 7) is 0. The van der Waals surface area contributed by atoms with Crippen molar-refractivity contribution in [2.75, 3.05) is 0 Å². The summed E-state index contributed by atoms with van der Waals surface area (Å²) in [6.07, 6.45) is -4.46. The van der Waals surface area contributed by atoms with Crippen molar-refractivity contribution in [2.45, 2.75) is 11.8 Å². The van der Waals surface area contributed by atoms with E-state index in [2.05, 4.69) is 4.98 Å². The van der Waals surface area contributed by atoms with Gasteiger partial charge in [0.05, 0.1) is 0 Å². The molecule has 0 fully saturated rings. The molecule has 0 radical (unpaired) electrons. The number of aliphatic carboxylic acids is 1. The average molecular weight is 259 g/mol. The van der Waals surface area contributed by atoms with Gasteiger partial charge >= 0.3 is 12.1 Å². The summed E-state index contributed by atoms with van der Waals surface area (Å²) in [4.78, 5) is 13.3. The van der Waals surface area contributed by atoms with E-state index in [1.165, 1.54) is 18.2 Å². The fourth-order valence-corrected chi connectivity index (χ4v) is 1.76. The topological polar surface area (TPSA) is 73.3 Å². The Hall–Kier alpha value is -2.02. The standard InChI is InChI=1S/C11H8F3NO3/c12-11(13,14)10(18,9(16)17)7-5-15-8-4-2-1-3-6(7)8/h1-5,15,18H,(H,16,17). The third-order valence-corrected chi connectivity index (χ3v) is 2.70. The summed E-state index contributed by atoms with van der Waals surface area (Å²) >= 11 is 0. The second kappa shape index (κ2) is 3.74. The second-order valence-corrected chi connectivity index (χ2v) is 3.76. The normalized spacial score (nSPS) is 15.6. The highest BCUT2D eigenvalue weighted by Gasteiger charge is 2.62. The number of aromatic amines is 1.